The SMILES string of the molecule is CS(=O)(=O)O.c1ccc2c(c1)nc1nc(N3CCCC3)ccn12. The van der Waals surface area contributed by atoms with Crippen molar-refractivity contribution in [2.45, 2.75) is 12.8 Å². The van der Waals surface area contributed by atoms with Crippen molar-refractivity contribution in [2.75, 3.05) is 24.2 Å². The molecule has 0 aliphatic carbocycles. The first-order valence-corrected chi connectivity index (χ1v) is 9.18. The van der Waals surface area contributed by atoms with Crippen molar-refractivity contribution in [3.05, 3.63) is 36.5 Å². The molecule has 3 heterocycles. The minimum atomic E-state index is -3.67. The number of para-hydroxylation sites is 2. The Hall–Kier alpha value is -2.19. The lowest BCUT2D eigenvalue weighted by Gasteiger charge is -2.15. The zero-order valence-electron chi connectivity index (χ0n) is 12.8. The Balaban J connectivity index is 0.000000276. The molecule has 122 valence electrons. The van der Waals surface area contributed by atoms with E-state index in [2.05, 4.69) is 37.6 Å². The molecule has 3 aromatic rings. The summed E-state index contributed by atoms with van der Waals surface area (Å²) in [6.45, 7) is 2.23. The quantitative estimate of drug-likeness (QED) is 0.685. The van der Waals surface area contributed by atoms with Crippen LogP contribution in [0.2, 0.25) is 0 Å². The van der Waals surface area contributed by atoms with Crippen molar-refractivity contribution < 1.29 is 13.0 Å². The Morgan fingerprint density at radius 1 is 1.09 bits per heavy atom. The molecule has 2 aromatic heterocycles. The second-order valence-electron chi connectivity index (χ2n) is 5.48. The van der Waals surface area contributed by atoms with E-state index >= 15 is 0 Å². The maximum atomic E-state index is 9.19. The Bertz CT molecular complexity index is 922. The van der Waals surface area contributed by atoms with Gasteiger partial charge in [0.1, 0.15) is 5.82 Å². The van der Waals surface area contributed by atoms with Crippen LogP contribution in [-0.2, 0) is 10.1 Å². The van der Waals surface area contributed by atoms with Gasteiger partial charge >= 0.3 is 0 Å². The molecule has 0 saturated carbocycles. The van der Waals surface area contributed by atoms with Crippen LogP contribution in [0.3, 0.4) is 0 Å². The van der Waals surface area contributed by atoms with Gasteiger partial charge in [0.15, 0.2) is 0 Å². The third-order valence-corrected chi connectivity index (χ3v) is 3.59. The number of aromatic nitrogens is 3. The van der Waals surface area contributed by atoms with Gasteiger partial charge < -0.3 is 4.90 Å². The third kappa shape index (κ3) is 3.77. The summed E-state index contributed by atoms with van der Waals surface area (Å²) in [6.07, 6.45) is 5.32. The molecule has 0 spiro atoms. The van der Waals surface area contributed by atoms with Gasteiger partial charge in [-0.25, -0.2) is 4.98 Å². The fourth-order valence-electron chi connectivity index (χ4n) is 2.66. The van der Waals surface area contributed by atoms with Crippen molar-refractivity contribution in [3.8, 4) is 0 Å². The highest BCUT2D eigenvalue weighted by Gasteiger charge is 2.14. The van der Waals surface area contributed by atoms with Crippen LogP contribution in [0.1, 0.15) is 12.8 Å². The van der Waals surface area contributed by atoms with E-state index in [4.69, 9.17) is 4.55 Å². The fourth-order valence-corrected chi connectivity index (χ4v) is 2.66. The van der Waals surface area contributed by atoms with E-state index in [9.17, 15) is 8.42 Å². The average molecular weight is 334 g/mol. The Morgan fingerprint density at radius 3 is 2.43 bits per heavy atom. The number of fused-ring (bicyclic) bond motifs is 3. The topological polar surface area (TPSA) is 87.8 Å². The number of anilines is 1. The number of hydrogen-bond donors (Lipinski definition) is 1. The summed E-state index contributed by atoms with van der Waals surface area (Å²) in [6, 6.07) is 10.2. The predicted octanol–water partition coefficient (Wildman–Crippen LogP) is 1.99. The smallest absolute Gasteiger partial charge is 0.261 e. The van der Waals surface area contributed by atoms with E-state index in [1.807, 2.05) is 18.2 Å². The Kier molecular flexibility index (Phi) is 4.18. The first-order chi connectivity index (χ1) is 10.9. The second-order valence-corrected chi connectivity index (χ2v) is 6.95. The average Bonchev–Trinajstić information content (AvgIpc) is 3.12. The van der Waals surface area contributed by atoms with Gasteiger partial charge in [0.05, 0.1) is 17.3 Å². The lowest BCUT2D eigenvalue weighted by atomic mass is 10.3. The Morgan fingerprint density at radius 2 is 1.74 bits per heavy atom. The Labute approximate surface area is 134 Å². The first-order valence-electron chi connectivity index (χ1n) is 7.33. The molecule has 8 heteroatoms. The number of benzene rings is 1. The van der Waals surface area contributed by atoms with Gasteiger partial charge in [-0.2, -0.15) is 13.4 Å². The van der Waals surface area contributed by atoms with Gasteiger partial charge in [-0.05, 0) is 31.0 Å². The molecule has 0 radical (unpaired) electrons. The van der Waals surface area contributed by atoms with Crippen molar-refractivity contribution in [3.63, 3.8) is 0 Å². The van der Waals surface area contributed by atoms with Gasteiger partial charge in [0.25, 0.3) is 10.1 Å². The highest BCUT2D eigenvalue weighted by molar-refractivity contribution is 7.85. The molecule has 1 fully saturated rings. The molecule has 1 aliphatic rings. The van der Waals surface area contributed by atoms with E-state index in [1.54, 1.807) is 0 Å². The van der Waals surface area contributed by atoms with Gasteiger partial charge in [0, 0.05) is 19.3 Å². The normalized spacial score (nSPS) is 15.0. The second kappa shape index (κ2) is 6.13. The van der Waals surface area contributed by atoms with Crippen LogP contribution in [0.15, 0.2) is 36.5 Å². The van der Waals surface area contributed by atoms with Crippen LogP contribution in [-0.4, -0.2) is 46.7 Å². The summed E-state index contributed by atoms with van der Waals surface area (Å²) < 4.78 is 27.9. The van der Waals surface area contributed by atoms with E-state index in [-0.39, 0.29) is 0 Å². The molecule has 1 saturated heterocycles. The molecule has 4 rings (SSSR count). The monoisotopic (exact) mass is 334 g/mol. The third-order valence-electron chi connectivity index (χ3n) is 3.59. The van der Waals surface area contributed by atoms with Crippen LogP contribution in [0.25, 0.3) is 16.8 Å². The number of imidazole rings is 1. The maximum absolute atomic E-state index is 9.19. The van der Waals surface area contributed by atoms with Crippen molar-refractivity contribution in [1.29, 1.82) is 0 Å². The highest BCUT2D eigenvalue weighted by Crippen LogP contribution is 2.20. The summed E-state index contributed by atoms with van der Waals surface area (Å²) >= 11 is 0. The summed E-state index contributed by atoms with van der Waals surface area (Å²) in [5.74, 6) is 1.84. The molecule has 1 aliphatic heterocycles. The zero-order valence-corrected chi connectivity index (χ0v) is 13.6. The number of rotatable bonds is 1. The van der Waals surface area contributed by atoms with Crippen LogP contribution in [0.4, 0.5) is 5.82 Å². The largest absolute Gasteiger partial charge is 0.356 e. The minimum Gasteiger partial charge on any atom is -0.356 e. The van der Waals surface area contributed by atoms with Crippen molar-refractivity contribution >= 4 is 32.7 Å². The lowest BCUT2D eigenvalue weighted by Crippen LogP contribution is -2.19. The first kappa shape index (κ1) is 15.7. The van der Waals surface area contributed by atoms with Crippen LogP contribution >= 0.6 is 0 Å². The molecule has 1 aromatic carbocycles. The van der Waals surface area contributed by atoms with E-state index in [1.165, 1.54) is 12.8 Å². The summed E-state index contributed by atoms with van der Waals surface area (Å²) in [4.78, 5) is 11.6. The molecular formula is C15H18N4O3S. The number of nitrogens with zero attached hydrogens (tertiary/aromatic N) is 4. The summed E-state index contributed by atoms with van der Waals surface area (Å²) in [5, 5.41) is 0. The molecule has 0 atom stereocenters. The minimum absolute atomic E-state index is 0.715. The summed E-state index contributed by atoms with van der Waals surface area (Å²) in [7, 11) is -3.67. The van der Waals surface area contributed by atoms with E-state index in [0.717, 1.165) is 35.7 Å². The number of hydrogen-bond acceptors (Lipinski definition) is 5. The van der Waals surface area contributed by atoms with Crippen LogP contribution in [0, 0.1) is 0 Å². The highest BCUT2D eigenvalue weighted by atomic mass is 32.2. The molecule has 0 unspecified atom stereocenters. The molecule has 7 nitrogen and oxygen atoms in total. The maximum Gasteiger partial charge on any atom is 0.261 e. The zero-order chi connectivity index (χ0) is 16.4. The molecule has 0 amide bonds. The standard InChI is InChI=1S/C14H14N4.CH4O3S/c1-2-6-12-11(5-1)15-14-16-13(7-10-18(12)14)17-8-3-4-9-17;1-5(2,3)4/h1-2,5-7,10H,3-4,8-9H2;1H3,(H,2,3,4). The molecule has 23 heavy (non-hydrogen) atoms. The summed E-state index contributed by atoms with van der Waals surface area (Å²) in [5.41, 5.74) is 2.12. The molecule has 0 bridgehead atoms. The molecule has 1 N–H and O–H groups in total. The fraction of sp³-hybridized carbons (Fsp3) is 0.333. The van der Waals surface area contributed by atoms with Gasteiger partial charge in [-0.15, -0.1) is 0 Å². The predicted molar refractivity (Wildman–Crippen MR) is 89.4 cm³/mol. The van der Waals surface area contributed by atoms with Crippen LogP contribution < -0.4 is 4.90 Å². The lowest BCUT2D eigenvalue weighted by molar-refractivity contribution is 0.490. The van der Waals surface area contributed by atoms with E-state index in [0.29, 0.717) is 6.26 Å². The van der Waals surface area contributed by atoms with E-state index < -0.39 is 10.1 Å². The van der Waals surface area contributed by atoms with Gasteiger partial charge in [-0.1, -0.05) is 12.1 Å². The van der Waals surface area contributed by atoms with Crippen molar-refractivity contribution in [1.82, 2.24) is 14.4 Å². The van der Waals surface area contributed by atoms with Gasteiger partial charge in [0.2, 0.25) is 5.78 Å². The van der Waals surface area contributed by atoms with Gasteiger partial charge in [-0.3, -0.25) is 8.95 Å². The van der Waals surface area contributed by atoms with Crippen LogP contribution in [0.5, 0.6) is 0 Å². The van der Waals surface area contributed by atoms with Crippen molar-refractivity contribution in [2.24, 2.45) is 0 Å². The molecular weight excluding hydrogens is 316 g/mol.